The summed E-state index contributed by atoms with van der Waals surface area (Å²) in [6, 6.07) is 9.92. The van der Waals surface area contributed by atoms with E-state index in [1.165, 1.54) is 0 Å². The summed E-state index contributed by atoms with van der Waals surface area (Å²) in [6.45, 7) is 1.54. The van der Waals surface area contributed by atoms with Crippen molar-refractivity contribution in [3.05, 3.63) is 42.1 Å². The Kier molecular flexibility index (Phi) is 3.40. The summed E-state index contributed by atoms with van der Waals surface area (Å²) in [5, 5.41) is 14.0. The standard InChI is InChI=1S/C16H18N2O2/c19-15(20)16(6-9-17-10-7-16)11-13-4-1-3-12-5-2-8-18-14(12)13/h1-5,8,17H,6-7,9-11H2,(H,19,20). The molecule has 0 bridgehead atoms. The maximum atomic E-state index is 11.8. The molecule has 0 unspecified atom stereocenters. The number of nitrogens with zero attached hydrogens (tertiary/aromatic N) is 1. The van der Waals surface area contributed by atoms with Gasteiger partial charge in [-0.3, -0.25) is 9.78 Å². The molecule has 0 amide bonds. The number of aromatic nitrogens is 1. The highest BCUT2D eigenvalue weighted by atomic mass is 16.4. The van der Waals surface area contributed by atoms with Gasteiger partial charge in [0.25, 0.3) is 0 Å². The minimum Gasteiger partial charge on any atom is -0.481 e. The Balaban J connectivity index is 2.00. The number of fused-ring (bicyclic) bond motifs is 1. The topological polar surface area (TPSA) is 62.2 Å². The van der Waals surface area contributed by atoms with Crippen LogP contribution in [0.5, 0.6) is 0 Å². The summed E-state index contributed by atoms with van der Waals surface area (Å²) in [5.41, 5.74) is 1.30. The zero-order valence-corrected chi connectivity index (χ0v) is 11.3. The molecule has 0 saturated carbocycles. The molecule has 0 aliphatic carbocycles. The molecule has 2 N–H and O–H groups in total. The first-order chi connectivity index (χ1) is 9.71. The van der Waals surface area contributed by atoms with Crippen molar-refractivity contribution >= 4 is 16.9 Å². The number of carbonyl (C=O) groups is 1. The lowest BCUT2D eigenvalue weighted by Gasteiger charge is -2.33. The Labute approximate surface area is 117 Å². The van der Waals surface area contributed by atoms with E-state index in [0.717, 1.165) is 29.6 Å². The number of carboxylic acid groups (broad SMARTS) is 1. The maximum absolute atomic E-state index is 11.8. The Morgan fingerprint density at radius 3 is 2.75 bits per heavy atom. The zero-order valence-electron chi connectivity index (χ0n) is 11.3. The van der Waals surface area contributed by atoms with E-state index in [-0.39, 0.29) is 0 Å². The largest absolute Gasteiger partial charge is 0.481 e. The van der Waals surface area contributed by atoms with E-state index >= 15 is 0 Å². The van der Waals surface area contributed by atoms with Crippen molar-refractivity contribution < 1.29 is 9.90 Å². The van der Waals surface area contributed by atoms with Gasteiger partial charge in [-0.2, -0.15) is 0 Å². The Morgan fingerprint density at radius 1 is 1.25 bits per heavy atom. The predicted molar refractivity (Wildman–Crippen MR) is 77.6 cm³/mol. The number of rotatable bonds is 3. The number of pyridine rings is 1. The van der Waals surface area contributed by atoms with Crippen molar-refractivity contribution in [3.63, 3.8) is 0 Å². The molecule has 0 atom stereocenters. The fraction of sp³-hybridized carbons (Fsp3) is 0.375. The number of hydrogen-bond donors (Lipinski definition) is 2. The molecular formula is C16H18N2O2. The van der Waals surface area contributed by atoms with Gasteiger partial charge in [0, 0.05) is 11.6 Å². The number of carboxylic acids is 1. The molecule has 104 valence electrons. The molecular weight excluding hydrogens is 252 g/mol. The van der Waals surface area contributed by atoms with Gasteiger partial charge in [0.2, 0.25) is 0 Å². The van der Waals surface area contributed by atoms with Crippen molar-refractivity contribution in [2.75, 3.05) is 13.1 Å². The van der Waals surface area contributed by atoms with E-state index < -0.39 is 11.4 Å². The molecule has 4 heteroatoms. The van der Waals surface area contributed by atoms with Gasteiger partial charge in [0.15, 0.2) is 0 Å². The fourth-order valence-electron chi connectivity index (χ4n) is 3.05. The highest BCUT2D eigenvalue weighted by Crippen LogP contribution is 2.34. The molecule has 0 spiro atoms. The summed E-state index contributed by atoms with van der Waals surface area (Å²) in [4.78, 5) is 16.2. The van der Waals surface area contributed by atoms with Crippen molar-refractivity contribution in [2.45, 2.75) is 19.3 Å². The van der Waals surface area contributed by atoms with Crippen LogP contribution < -0.4 is 5.32 Å². The van der Waals surface area contributed by atoms with Crippen molar-refractivity contribution in [1.82, 2.24) is 10.3 Å². The first-order valence-electron chi connectivity index (χ1n) is 6.98. The van der Waals surface area contributed by atoms with Crippen LogP contribution in [0, 0.1) is 5.41 Å². The molecule has 0 radical (unpaired) electrons. The number of aliphatic carboxylic acids is 1. The van der Waals surface area contributed by atoms with Gasteiger partial charge in [0.1, 0.15) is 0 Å². The number of hydrogen-bond acceptors (Lipinski definition) is 3. The molecule has 1 fully saturated rings. The highest BCUT2D eigenvalue weighted by Gasteiger charge is 2.40. The number of benzene rings is 1. The van der Waals surface area contributed by atoms with E-state index in [2.05, 4.69) is 10.3 Å². The van der Waals surface area contributed by atoms with Crippen molar-refractivity contribution in [3.8, 4) is 0 Å². The molecule has 2 heterocycles. The number of para-hydroxylation sites is 1. The van der Waals surface area contributed by atoms with Gasteiger partial charge in [-0.25, -0.2) is 0 Å². The first-order valence-corrected chi connectivity index (χ1v) is 6.98. The third-order valence-electron chi connectivity index (χ3n) is 4.26. The van der Waals surface area contributed by atoms with Gasteiger partial charge in [-0.1, -0.05) is 24.3 Å². The van der Waals surface area contributed by atoms with Crippen LogP contribution in [0.4, 0.5) is 0 Å². The second kappa shape index (κ2) is 5.21. The smallest absolute Gasteiger partial charge is 0.310 e. The molecule has 1 aliphatic rings. The predicted octanol–water partition coefficient (Wildman–Crippen LogP) is 2.23. The molecule has 4 nitrogen and oxygen atoms in total. The molecule has 1 saturated heterocycles. The lowest BCUT2D eigenvalue weighted by atomic mass is 9.74. The van der Waals surface area contributed by atoms with Gasteiger partial charge in [-0.05, 0) is 44.0 Å². The Bertz CT molecular complexity index is 628. The average molecular weight is 270 g/mol. The summed E-state index contributed by atoms with van der Waals surface area (Å²) in [7, 11) is 0. The third-order valence-corrected chi connectivity index (χ3v) is 4.26. The monoisotopic (exact) mass is 270 g/mol. The highest BCUT2D eigenvalue weighted by molar-refractivity contribution is 5.83. The van der Waals surface area contributed by atoms with Crippen LogP contribution >= 0.6 is 0 Å². The summed E-state index contributed by atoms with van der Waals surface area (Å²) in [6.07, 6.45) is 3.66. The van der Waals surface area contributed by atoms with Crippen LogP contribution in [-0.2, 0) is 11.2 Å². The SMILES string of the molecule is O=C(O)C1(Cc2cccc3cccnc23)CCNCC1. The normalized spacial score (nSPS) is 18.0. The molecule has 3 rings (SSSR count). The van der Waals surface area contributed by atoms with E-state index in [1.807, 2.05) is 30.3 Å². The third kappa shape index (κ3) is 2.27. The minimum atomic E-state index is -0.688. The minimum absolute atomic E-state index is 0.554. The van der Waals surface area contributed by atoms with Gasteiger partial charge < -0.3 is 10.4 Å². The molecule has 1 aromatic carbocycles. The van der Waals surface area contributed by atoms with Crippen molar-refractivity contribution in [2.24, 2.45) is 5.41 Å². The Morgan fingerprint density at radius 2 is 2.00 bits per heavy atom. The van der Waals surface area contributed by atoms with E-state index in [1.54, 1.807) is 6.20 Å². The summed E-state index contributed by atoms with van der Waals surface area (Å²) >= 11 is 0. The molecule has 20 heavy (non-hydrogen) atoms. The van der Waals surface area contributed by atoms with Gasteiger partial charge in [-0.15, -0.1) is 0 Å². The second-order valence-corrected chi connectivity index (χ2v) is 5.50. The average Bonchev–Trinajstić information content (AvgIpc) is 2.48. The van der Waals surface area contributed by atoms with E-state index in [0.29, 0.717) is 19.3 Å². The lowest BCUT2D eigenvalue weighted by Crippen LogP contribution is -2.43. The van der Waals surface area contributed by atoms with Crippen LogP contribution in [-0.4, -0.2) is 29.1 Å². The fourth-order valence-corrected chi connectivity index (χ4v) is 3.05. The van der Waals surface area contributed by atoms with E-state index in [9.17, 15) is 9.90 Å². The zero-order chi connectivity index (χ0) is 14.0. The molecule has 1 aliphatic heterocycles. The first kappa shape index (κ1) is 13.1. The Hall–Kier alpha value is -1.94. The lowest BCUT2D eigenvalue weighted by molar-refractivity contribution is -0.150. The van der Waals surface area contributed by atoms with Crippen LogP contribution in [0.1, 0.15) is 18.4 Å². The van der Waals surface area contributed by atoms with Crippen LogP contribution in [0.2, 0.25) is 0 Å². The second-order valence-electron chi connectivity index (χ2n) is 5.50. The van der Waals surface area contributed by atoms with Gasteiger partial charge >= 0.3 is 5.97 Å². The molecule has 2 aromatic rings. The molecule has 1 aromatic heterocycles. The summed E-state index contributed by atoms with van der Waals surface area (Å²) < 4.78 is 0. The van der Waals surface area contributed by atoms with Crippen LogP contribution in [0.3, 0.4) is 0 Å². The number of nitrogens with one attached hydrogen (secondary N) is 1. The van der Waals surface area contributed by atoms with Gasteiger partial charge in [0.05, 0.1) is 10.9 Å². The van der Waals surface area contributed by atoms with Crippen LogP contribution in [0.15, 0.2) is 36.5 Å². The van der Waals surface area contributed by atoms with E-state index in [4.69, 9.17) is 0 Å². The number of piperidine rings is 1. The maximum Gasteiger partial charge on any atom is 0.310 e. The van der Waals surface area contributed by atoms with Crippen LogP contribution in [0.25, 0.3) is 10.9 Å². The van der Waals surface area contributed by atoms with Crippen molar-refractivity contribution in [1.29, 1.82) is 0 Å². The summed E-state index contributed by atoms with van der Waals surface area (Å²) in [5.74, 6) is -0.688. The quantitative estimate of drug-likeness (QED) is 0.898.